The monoisotopic (exact) mass is 324 g/mol. The fourth-order valence-corrected chi connectivity index (χ4v) is 4.73. The smallest absolute Gasteiger partial charge is 0.210 e. The van der Waals surface area contributed by atoms with E-state index < -0.39 is 5.41 Å². The molecule has 24 heavy (non-hydrogen) atoms. The minimum atomic E-state index is -0.747. The van der Waals surface area contributed by atoms with Crippen LogP contribution in [0.25, 0.3) is 0 Å². The molecule has 2 bridgehead atoms. The molecule has 0 amide bonds. The van der Waals surface area contributed by atoms with Crippen molar-refractivity contribution in [3.63, 3.8) is 0 Å². The van der Waals surface area contributed by atoms with Gasteiger partial charge in [0.25, 0.3) is 0 Å². The highest BCUT2D eigenvalue weighted by molar-refractivity contribution is 6.43. The number of carbonyl (C=O) groups is 2. The maximum Gasteiger partial charge on any atom is 0.210 e. The van der Waals surface area contributed by atoms with Crippen LogP contribution in [-0.4, -0.2) is 11.6 Å². The molecule has 0 aliphatic heterocycles. The Morgan fingerprint density at radius 3 is 2.04 bits per heavy atom. The Hall–Kier alpha value is -1.70. The van der Waals surface area contributed by atoms with E-state index in [1.165, 1.54) is 5.56 Å². The normalized spacial score (nSPS) is 30.5. The quantitative estimate of drug-likeness (QED) is 0.541. The molecular formula is C22H28O2. The van der Waals surface area contributed by atoms with Gasteiger partial charge >= 0.3 is 0 Å². The number of carbonyl (C=O) groups excluding carboxylic acids is 2. The van der Waals surface area contributed by atoms with E-state index >= 15 is 0 Å². The number of rotatable bonds is 1. The maximum atomic E-state index is 13.2. The lowest BCUT2D eigenvalue weighted by Gasteiger charge is -2.56. The standard InChI is InChI=1S/C22H28O2/c1-20(2,3)17-13-22(21(4,5)6)16(14-10-8-7-9-11-14)12-15(17)18(23)19(22)24/h7-11,13,15-16H,12H2,1-6H3/t15?,16-,22-/m0/s1. The predicted molar refractivity (Wildman–Crippen MR) is 96.7 cm³/mol. The van der Waals surface area contributed by atoms with Gasteiger partial charge in [0, 0.05) is 11.8 Å². The van der Waals surface area contributed by atoms with Crippen LogP contribution in [0.15, 0.2) is 42.0 Å². The first kappa shape index (κ1) is 17.1. The van der Waals surface area contributed by atoms with E-state index in [9.17, 15) is 9.59 Å². The molecule has 0 saturated heterocycles. The van der Waals surface area contributed by atoms with E-state index in [2.05, 4.69) is 59.8 Å². The minimum Gasteiger partial charge on any atom is -0.290 e. The summed E-state index contributed by atoms with van der Waals surface area (Å²) in [6.07, 6.45) is 2.93. The highest BCUT2D eigenvalue weighted by Crippen LogP contribution is 2.62. The molecule has 0 aromatic heterocycles. The summed E-state index contributed by atoms with van der Waals surface area (Å²) >= 11 is 0. The summed E-state index contributed by atoms with van der Waals surface area (Å²) in [7, 11) is 0. The van der Waals surface area contributed by atoms with E-state index in [4.69, 9.17) is 0 Å². The lowest BCUT2D eigenvalue weighted by atomic mass is 9.44. The first-order chi connectivity index (χ1) is 11.0. The summed E-state index contributed by atoms with van der Waals surface area (Å²) in [5, 5.41) is 0. The minimum absolute atomic E-state index is 0.0694. The molecule has 0 spiro atoms. The van der Waals surface area contributed by atoms with Crippen molar-refractivity contribution in [1.29, 1.82) is 0 Å². The fourth-order valence-electron chi connectivity index (χ4n) is 4.73. The first-order valence-electron chi connectivity index (χ1n) is 8.87. The van der Waals surface area contributed by atoms with Gasteiger partial charge in [0.05, 0.1) is 5.41 Å². The zero-order valence-corrected chi connectivity index (χ0v) is 15.6. The third-order valence-corrected chi connectivity index (χ3v) is 6.00. The van der Waals surface area contributed by atoms with Gasteiger partial charge in [-0.15, -0.1) is 0 Å². The number of fused-ring (bicyclic) bond motifs is 2. The lowest BCUT2D eigenvalue weighted by molar-refractivity contribution is -0.153. The van der Waals surface area contributed by atoms with E-state index in [1.807, 2.05) is 18.2 Å². The van der Waals surface area contributed by atoms with Gasteiger partial charge in [-0.3, -0.25) is 9.59 Å². The van der Waals surface area contributed by atoms with Crippen LogP contribution in [0.3, 0.4) is 0 Å². The second-order valence-electron chi connectivity index (χ2n) is 9.41. The van der Waals surface area contributed by atoms with Crippen molar-refractivity contribution in [2.24, 2.45) is 22.2 Å². The molecule has 1 unspecified atom stereocenters. The fraction of sp³-hybridized carbons (Fsp3) is 0.545. The van der Waals surface area contributed by atoms with Crippen molar-refractivity contribution >= 4 is 11.6 Å². The molecule has 4 rings (SSSR count). The van der Waals surface area contributed by atoms with Gasteiger partial charge in [-0.05, 0) is 22.8 Å². The van der Waals surface area contributed by atoms with Crippen LogP contribution < -0.4 is 0 Å². The molecule has 3 aliphatic rings. The van der Waals surface area contributed by atoms with E-state index in [0.717, 1.165) is 12.0 Å². The molecule has 1 aromatic rings. The Labute approximate surface area is 145 Å². The SMILES string of the molecule is CC(C)(C)C1=C[C@@]2(C(C)(C)C)C(=O)C(=O)C1C[C@H]2c1ccccc1. The molecular weight excluding hydrogens is 296 g/mol. The van der Waals surface area contributed by atoms with E-state index in [-0.39, 0.29) is 34.2 Å². The average molecular weight is 324 g/mol. The second kappa shape index (κ2) is 5.15. The molecule has 1 saturated carbocycles. The predicted octanol–water partition coefficient (Wildman–Crippen LogP) is 4.95. The van der Waals surface area contributed by atoms with Gasteiger partial charge in [0.1, 0.15) is 0 Å². The van der Waals surface area contributed by atoms with E-state index in [0.29, 0.717) is 0 Å². The van der Waals surface area contributed by atoms with Crippen LogP contribution in [0.4, 0.5) is 0 Å². The van der Waals surface area contributed by atoms with Crippen molar-refractivity contribution in [2.75, 3.05) is 0 Å². The number of allylic oxidation sites excluding steroid dienone is 2. The zero-order chi connectivity index (χ0) is 17.9. The van der Waals surface area contributed by atoms with Gasteiger partial charge in [0.15, 0.2) is 0 Å². The second-order valence-corrected chi connectivity index (χ2v) is 9.41. The summed E-state index contributed by atoms with van der Waals surface area (Å²) in [4.78, 5) is 26.1. The molecule has 128 valence electrons. The molecule has 2 nitrogen and oxygen atoms in total. The van der Waals surface area contributed by atoms with Crippen molar-refractivity contribution in [2.45, 2.75) is 53.9 Å². The van der Waals surface area contributed by atoms with Crippen molar-refractivity contribution in [1.82, 2.24) is 0 Å². The molecule has 0 radical (unpaired) electrons. The summed E-state index contributed by atoms with van der Waals surface area (Å²) in [6.45, 7) is 12.7. The Morgan fingerprint density at radius 2 is 1.54 bits per heavy atom. The third-order valence-electron chi connectivity index (χ3n) is 6.00. The van der Waals surface area contributed by atoms with Gasteiger partial charge < -0.3 is 0 Å². The molecule has 3 atom stereocenters. The molecule has 2 heteroatoms. The Morgan fingerprint density at radius 1 is 0.958 bits per heavy atom. The summed E-state index contributed by atoms with van der Waals surface area (Å²) < 4.78 is 0. The van der Waals surface area contributed by atoms with Crippen LogP contribution in [0.2, 0.25) is 0 Å². The summed E-state index contributed by atoms with van der Waals surface area (Å²) in [5.41, 5.74) is 1.15. The largest absolute Gasteiger partial charge is 0.290 e. The Balaban J connectivity index is 2.29. The van der Waals surface area contributed by atoms with Crippen LogP contribution in [0.1, 0.15) is 59.4 Å². The van der Waals surface area contributed by atoms with Crippen LogP contribution in [-0.2, 0) is 9.59 Å². The maximum absolute atomic E-state index is 13.2. The van der Waals surface area contributed by atoms with Crippen LogP contribution in [0, 0.1) is 22.2 Å². The molecule has 1 aromatic carbocycles. The highest BCUT2D eigenvalue weighted by Gasteiger charge is 2.63. The van der Waals surface area contributed by atoms with Crippen molar-refractivity contribution < 1.29 is 9.59 Å². The number of Topliss-reactive ketones (excluding diaryl/α,β-unsaturated/α-hetero) is 2. The molecule has 1 fully saturated rings. The van der Waals surface area contributed by atoms with Gasteiger partial charge in [-0.25, -0.2) is 0 Å². The highest BCUT2D eigenvalue weighted by atomic mass is 16.2. The number of benzene rings is 1. The number of hydrogen-bond donors (Lipinski definition) is 0. The molecule has 0 heterocycles. The number of ketones is 2. The van der Waals surface area contributed by atoms with E-state index in [1.54, 1.807) is 0 Å². The first-order valence-corrected chi connectivity index (χ1v) is 8.87. The Kier molecular flexibility index (Phi) is 3.67. The van der Waals surface area contributed by atoms with Gasteiger partial charge in [0.2, 0.25) is 11.6 Å². The van der Waals surface area contributed by atoms with Crippen LogP contribution >= 0.6 is 0 Å². The third kappa shape index (κ3) is 2.22. The lowest BCUT2D eigenvalue weighted by Crippen LogP contribution is -2.59. The summed E-state index contributed by atoms with van der Waals surface area (Å²) in [5.74, 6) is -0.551. The average Bonchev–Trinajstić information content (AvgIpc) is 2.50. The van der Waals surface area contributed by atoms with Crippen molar-refractivity contribution in [3.8, 4) is 0 Å². The van der Waals surface area contributed by atoms with Crippen LogP contribution in [0.5, 0.6) is 0 Å². The Bertz CT molecular complexity index is 713. The summed E-state index contributed by atoms with van der Waals surface area (Å²) in [6, 6.07) is 10.2. The number of hydrogen-bond acceptors (Lipinski definition) is 2. The molecule has 3 aliphatic carbocycles. The zero-order valence-electron chi connectivity index (χ0n) is 15.6. The van der Waals surface area contributed by atoms with Gasteiger partial charge in [-0.1, -0.05) is 83.5 Å². The van der Waals surface area contributed by atoms with Gasteiger partial charge in [-0.2, -0.15) is 0 Å². The molecule has 0 N–H and O–H groups in total. The van der Waals surface area contributed by atoms with Crippen molar-refractivity contribution in [3.05, 3.63) is 47.5 Å². The topological polar surface area (TPSA) is 34.1 Å².